The molecule has 10 heteroatoms. The van der Waals surface area contributed by atoms with Crippen LogP contribution < -0.4 is 15.8 Å². The van der Waals surface area contributed by atoms with Crippen LogP contribution in [0.3, 0.4) is 0 Å². The number of benzene rings is 1. The van der Waals surface area contributed by atoms with E-state index in [1.54, 1.807) is 22.9 Å². The van der Waals surface area contributed by atoms with Gasteiger partial charge in [0.25, 0.3) is 5.56 Å². The van der Waals surface area contributed by atoms with E-state index in [9.17, 15) is 9.59 Å². The lowest BCUT2D eigenvalue weighted by Crippen LogP contribution is -2.35. The van der Waals surface area contributed by atoms with E-state index in [-0.39, 0.29) is 28.4 Å². The SMILES string of the molecule is COC(=O)c1nc(Cl)ccc1NC(C)c1cc(C)cc2c(=O)n(C)c(C3CCN(c4cccnc4)CC3)nc12. The molecule has 1 aromatic carbocycles. The van der Waals surface area contributed by atoms with Crippen molar-refractivity contribution < 1.29 is 9.53 Å². The molecule has 0 spiro atoms. The normalized spacial score (nSPS) is 14.8. The molecule has 39 heavy (non-hydrogen) atoms. The minimum atomic E-state index is -0.590. The van der Waals surface area contributed by atoms with Gasteiger partial charge in [-0.25, -0.2) is 14.8 Å². The molecular formula is C29H31ClN6O3. The van der Waals surface area contributed by atoms with Gasteiger partial charge in [-0.3, -0.25) is 14.3 Å². The number of nitrogens with zero attached hydrogens (tertiary/aromatic N) is 5. The van der Waals surface area contributed by atoms with Crippen LogP contribution in [0.4, 0.5) is 11.4 Å². The number of rotatable bonds is 6. The van der Waals surface area contributed by atoms with Crippen molar-refractivity contribution in [1.29, 1.82) is 0 Å². The number of ether oxygens (including phenoxy) is 1. The lowest BCUT2D eigenvalue weighted by atomic mass is 9.94. The summed E-state index contributed by atoms with van der Waals surface area (Å²) in [4.78, 5) is 41.7. The second-order valence-electron chi connectivity index (χ2n) is 9.94. The first-order valence-electron chi connectivity index (χ1n) is 12.9. The fraction of sp³-hybridized carbons (Fsp3) is 0.345. The summed E-state index contributed by atoms with van der Waals surface area (Å²) >= 11 is 6.04. The average molecular weight is 547 g/mol. The summed E-state index contributed by atoms with van der Waals surface area (Å²) in [5, 5.41) is 4.13. The van der Waals surface area contributed by atoms with Crippen LogP contribution in [0, 0.1) is 6.92 Å². The molecule has 4 heterocycles. The highest BCUT2D eigenvalue weighted by atomic mass is 35.5. The Hall–Kier alpha value is -3.98. The first-order chi connectivity index (χ1) is 18.8. The Balaban J connectivity index is 1.50. The third kappa shape index (κ3) is 5.31. The molecule has 1 saturated heterocycles. The van der Waals surface area contributed by atoms with Crippen molar-refractivity contribution in [3.05, 3.63) is 86.9 Å². The van der Waals surface area contributed by atoms with Crippen molar-refractivity contribution in [2.24, 2.45) is 7.05 Å². The smallest absolute Gasteiger partial charge is 0.358 e. The largest absolute Gasteiger partial charge is 0.464 e. The topological polar surface area (TPSA) is 102 Å². The molecule has 9 nitrogen and oxygen atoms in total. The highest BCUT2D eigenvalue weighted by Crippen LogP contribution is 2.32. The first-order valence-corrected chi connectivity index (χ1v) is 13.3. The van der Waals surface area contributed by atoms with Gasteiger partial charge in [0.15, 0.2) is 5.69 Å². The van der Waals surface area contributed by atoms with Crippen molar-refractivity contribution in [3.63, 3.8) is 0 Å². The van der Waals surface area contributed by atoms with Crippen molar-refractivity contribution in [3.8, 4) is 0 Å². The second-order valence-corrected chi connectivity index (χ2v) is 10.3. The number of carbonyl (C=O) groups is 1. The number of pyridine rings is 2. The molecule has 1 aliphatic heterocycles. The third-order valence-electron chi connectivity index (χ3n) is 7.34. The molecule has 0 amide bonds. The van der Waals surface area contributed by atoms with Crippen molar-refractivity contribution in [2.75, 3.05) is 30.4 Å². The molecule has 4 aromatic rings. The molecule has 1 fully saturated rings. The molecule has 1 unspecified atom stereocenters. The van der Waals surface area contributed by atoms with Gasteiger partial charge in [0, 0.05) is 37.8 Å². The summed E-state index contributed by atoms with van der Waals surface area (Å²) in [6.07, 6.45) is 5.43. The number of piperidine rings is 1. The van der Waals surface area contributed by atoms with Gasteiger partial charge >= 0.3 is 5.97 Å². The number of nitrogens with one attached hydrogen (secondary N) is 1. The number of hydrogen-bond donors (Lipinski definition) is 1. The van der Waals surface area contributed by atoms with Crippen molar-refractivity contribution in [2.45, 2.75) is 38.6 Å². The number of esters is 1. The number of anilines is 2. The van der Waals surface area contributed by atoms with Gasteiger partial charge in [-0.1, -0.05) is 17.7 Å². The zero-order valence-corrected chi connectivity index (χ0v) is 23.2. The standard InChI is InChI=1S/C29H31ClN6O3/c1-17-14-21(18(2)32-23-7-8-24(30)33-26(23)29(38)39-4)25-22(15-17)28(37)35(3)27(34-25)19-9-12-36(13-10-19)20-6-5-11-31-16-20/h5-8,11,14-16,18-19,32H,9-10,12-13H2,1-4H3. The average Bonchev–Trinajstić information content (AvgIpc) is 2.96. The Labute approximate surface area is 231 Å². The van der Waals surface area contributed by atoms with Gasteiger partial charge < -0.3 is 15.0 Å². The van der Waals surface area contributed by atoms with Gasteiger partial charge in [0.1, 0.15) is 11.0 Å². The van der Waals surface area contributed by atoms with Crippen LogP contribution in [0.2, 0.25) is 5.15 Å². The summed E-state index contributed by atoms with van der Waals surface area (Å²) in [7, 11) is 3.11. The molecule has 0 saturated carbocycles. The monoisotopic (exact) mass is 546 g/mol. The lowest BCUT2D eigenvalue weighted by Gasteiger charge is -2.33. The zero-order chi connectivity index (χ0) is 27.7. The molecule has 202 valence electrons. The van der Waals surface area contributed by atoms with Crippen LogP contribution in [-0.4, -0.2) is 45.7 Å². The van der Waals surface area contributed by atoms with Crippen LogP contribution >= 0.6 is 11.6 Å². The molecule has 0 aliphatic carbocycles. The molecule has 0 radical (unpaired) electrons. The molecule has 3 aromatic heterocycles. The summed E-state index contributed by atoms with van der Waals surface area (Å²) in [5.41, 5.74) is 4.10. The Kier molecular flexibility index (Phi) is 7.52. The first kappa shape index (κ1) is 26.6. The van der Waals surface area contributed by atoms with Gasteiger partial charge in [0.2, 0.25) is 0 Å². The Morgan fingerprint density at radius 3 is 2.64 bits per heavy atom. The summed E-state index contributed by atoms with van der Waals surface area (Å²) in [6.45, 7) is 5.65. The third-order valence-corrected chi connectivity index (χ3v) is 7.55. The van der Waals surface area contributed by atoms with E-state index < -0.39 is 5.97 Å². The number of halogens is 1. The molecule has 1 N–H and O–H groups in total. The maximum Gasteiger partial charge on any atom is 0.358 e. The van der Waals surface area contributed by atoms with E-state index in [0.717, 1.165) is 48.6 Å². The van der Waals surface area contributed by atoms with Crippen molar-refractivity contribution in [1.82, 2.24) is 19.5 Å². The molecular weight excluding hydrogens is 516 g/mol. The fourth-order valence-corrected chi connectivity index (χ4v) is 5.46. The van der Waals surface area contributed by atoms with E-state index in [4.69, 9.17) is 21.3 Å². The maximum atomic E-state index is 13.6. The van der Waals surface area contributed by atoms with Crippen LogP contribution in [-0.2, 0) is 11.8 Å². The predicted octanol–water partition coefficient (Wildman–Crippen LogP) is 5.03. The van der Waals surface area contributed by atoms with Crippen LogP contribution in [0.5, 0.6) is 0 Å². The van der Waals surface area contributed by atoms with Gasteiger partial charge in [-0.2, -0.15) is 0 Å². The van der Waals surface area contributed by atoms with Crippen LogP contribution in [0.15, 0.2) is 53.6 Å². The van der Waals surface area contributed by atoms with E-state index >= 15 is 0 Å². The zero-order valence-electron chi connectivity index (χ0n) is 22.4. The van der Waals surface area contributed by atoms with Gasteiger partial charge in [-0.05, 0) is 62.6 Å². The van der Waals surface area contributed by atoms with Crippen LogP contribution in [0.25, 0.3) is 10.9 Å². The maximum absolute atomic E-state index is 13.6. The van der Waals surface area contributed by atoms with Gasteiger partial charge in [0.05, 0.1) is 41.6 Å². The highest BCUT2D eigenvalue weighted by molar-refractivity contribution is 6.29. The molecule has 1 aliphatic rings. The van der Waals surface area contributed by atoms with Crippen LogP contribution in [0.1, 0.15) is 59.2 Å². The van der Waals surface area contributed by atoms with Crippen molar-refractivity contribution >= 4 is 39.8 Å². The highest BCUT2D eigenvalue weighted by Gasteiger charge is 2.26. The van der Waals surface area contributed by atoms with E-state index in [0.29, 0.717) is 16.6 Å². The van der Waals surface area contributed by atoms with E-state index in [2.05, 4.69) is 26.3 Å². The minimum absolute atomic E-state index is 0.0646. The Morgan fingerprint density at radius 2 is 1.95 bits per heavy atom. The number of aryl methyl sites for hydroxylation is 1. The fourth-order valence-electron chi connectivity index (χ4n) is 5.32. The predicted molar refractivity (Wildman–Crippen MR) is 153 cm³/mol. The van der Waals surface area contributed by atoms with Gasteiger partial charge in [-0.15, -0.1) is 0 Å². The summed E-state index contributed by atoms with van der Waals surface area (Å²) < 4.78 is 6.59. The number of aromatic nitrogens is 4. The lowest BCUT2D eigenvalue weighted by molar-refractivity contribution is 0.0595. The van der Waals surface area contributed by atoms with E-state index in [1.165, 1.54) is 7.11 Å². The summed E-state index contributed by atoms with van der Waals surface area (Å²) in [6, 6.07) is 11.0. The number of methoxy groups -OCH3 is 1. The minimum Gasteiger partial charge on any atom is -0.464 e. The Bertz CT molecular complexity index is 1580. The number of fused-ring (bicyclic) bond motifs is 1. The number of hydrogen-bond acceptors (Lipinski definition) is 8. The molecule has 0 bridgehead atoms. The second kappa shape index (κ2) is 11.0. The number of carbonyl (C=O) groups excluding carboxylic acids is 1. The summed E-state index contributed by atoms with van der Waals surface area (Å²) in [5.74, 6) is 0.357. The quantitative estimate of drug-likeness (QED) is 0.265. The molecule has 1 atom stereocenters. The van der Waals surface area contributed by atoms with E-state index in [1.807, 2.05) is 45.3 Å². The molecule has 5 rings (SSSR count). The Morgan fingerprint density at radius 1 is 1.18 bits per heavy atom.